The Kier molecular flexibility index (Phi) is 6.77. The van der Waals surface area contributed by atoms with E-state index in [0.29, 0.717) is 29.2 Å². The summed E-state index contributed by atoms with van der Waals surface area (Å²) in [5, 5.41) is 3.48. The number of nitrogens with one attached hydrogen (secondary N) is 2. The smallest absolute Gasteiger partial charge is 0.262 e. The molecule has 4 rings (SSSR count). The summed E-state index contributed by atoms with van der Waals surface area (Å²) in [6, 6.07) is 15.1. The molecule has 180 valence electrons. The SMILES string of the molecule is COc1ccc(N2C[C@@H](C)N[C@@H](C)C2)cc1NS(=O)(=O)c1ccc(-c2cccc(C)n2)c(F)c1. The molecule has 9 heteroatoms. The molecule has 1 saturated heterocycles. The van der Waals surface area contributed by atoms with E-state index in [4.69, 9.17) is 4.74 Å². The lowest BCUT2D eigenvalue weighted by Gasteiger charge is -2.38. The maximum absolute atomic E-state index is 14.9. The van der Waals surface area contributed by atoms with Crippen LogP contribution in [0, 0.1) is 12.7 Å². The first-order chi connectivity index (χ1) is 16.2. The molecule has 2 atom stereocenters. The van der Waals surface area contributed by atoms with E-state index in [1.54, 1.807) is 24.3 Å². The molecule has 0 amide bonds. The summed E-state index contributed by atoms with van der Waals surface area (Å²) in [6.07, 6.45) is 0. The van der Waals surface area contributed by atoms with Gasteiger partial charge in [0.05, 0.1) is 23.4 Å². The molecular weight excluding hydrogens is 455 g/mol. The second kappa shape index (κ2) is 9.60. The van der Waals surface area contributed by atoms with E-state index in [2.05, 4.69) is 33.8 Å². The van der Waals surface area contributed by atoms with Crippen LogP contribution in [-0.4, -0.2) is 45.7 Å². The highest BCUT2D eigenvalue weighted by Gasteiger charge is 2.24. The van der Waals surface area contributed by atoms with Gasteiger partial charge in [0.15, 0.2) is 0 Å². The average Bonchev–Trinajstić information content (AvgIpc) is 2.78. The zero-order chi connectivity index (χ0) is 24.5. The number of anilines is 2. The number of rotatable bonds is 6. The number of ether oxygens (including phenoxy) is 1. The van der Waals surface area contributed by atoms with Gasteiger partial charge in [0.1, 0.15) is 11.6 Å². The van der Waals surface area contributed by atoms with Crippen molar-refractivity contribution in [1.82, 2.24) is 10.3 Å². The summed E-state index contributed by atoms with van der Waals surface area (Å²) in [6.45, 7) is 7.62. The summed E-state index contributed by atoms with van der Waals surface area (Å²) in [4.78, 5) is 6.34. The minimum absolute atomic E-state index is 0.182. The maximum Gasteiger partial charge on any atom is 0.262 e. The molecule has 7 nitrogen and oxygen atoms in total. The largest absolute Gasteiger partial charge is 0.495 e. The Hall–Kier alpha value is -3.17. The van der Waals surface area contributed by atoms with Crippen LogP contribution in [0.15, 0.2) is 59.5 Å². The van der Waals surface area contributed by atoms with E-state index in [1.807, 2.05) is 19.1 Å². The monoisotopic (exact) mass is 484 g/mol. The molecule has 1 aliphatic heterocycles. The van der Waals surface area contributed by atoms with Crippen molar-refractivity contribution in [2.45, 2.75) is 37.8 Å². The second-order valence-electron chi connectivity index (χ2n) is 8.67. The van der Waals surface area contributed by atoms with Gasteiger partial charge in [-0.15, -0.1) is 0 Å². The topological polar surface area (TPSA) is 83.6 Å². The average molecular weight is 485 g/mol. The Labute approximate surface area is 200 Å². The highest BCUT2D eigenvalue weighted by Crippen LogP contribution is 2.33. The van der Waals surface area contributed by atoms with Crippen LogP contribution in [0.3, 0.4) is 0 Å². The molecular formula is C25H29FN4O3S. The number of halogens is 1. The fourth-order valence-corrected chi connectivity index (χ4v) is 5.35. The van der Waals surface area contributed by atoms with Crippen LogP contribution in [-0.2, 0) is 10.0 Å². The molecule has 3 aromatic rings. The van der Waals surface area contributed by atoms with Gasteiger partial charge in [-0.3, -0.25) is 9.71 Å². The van der Waals surface area contributed by atoms with Crippen molar-refractivity contribution in [2.75, 3.05) is 29.8 Å². The number of pyridine rings is 1. The number of aryl methyl sites for hydroxylation is 1. The van der Waals surface area contributed by atoms with Crippen molar-refractivity contribution in [3.05, 3.63) is 66.1 Å². The van der Waals surface area contributed by atoms with Crippen molar-refractivity contribution in [1.29, 1.82) is 0 Å². The van der Waals surface area contributed by atoms with E-state index >= 15 is 0 Å². The lowest BCUT2D eigenvalue weighted by Crippen LogP contribution is -2.54. The first-order valence-electron chi connectivity index (χ1n) is 11.1. The third-order valence-corrected chi connectivity index (χ3v) is 7.13. The number of benzene rings is 2. The Bertz CT molecular complexity index is 1290. The number of sulfonamides is 1. The first-order valence-corrected chi connectivity index (χ1v) is 12.6. The van der Waals surface area contributed by atoms with Crippen molar-refractivity contribution in [2.24, 2.45) is 0 Å². The molecule has 0 spiro atoms. The van der Waals surface area contributed by atoms with E-state index in [9.17, 15) is 12.8 Å². The number of hydrogen-bond acceptors (Lipinski definition) is 6. The summed E-state index contributed by atoms with van der Waals surface area (Å²) >= 11 is 0. The van der Waals surface area contributed by atoms with Crippen LogP contribution >= 0.6 is 0 Å². The predicted octanol–water partition coefficient (Wildman–Crippen LogP) is 4.19. The van der Waals surface area contributed by atoms with Gasteiger partial charge in [0, 0.05) is 42.1 Å². The lowest BCUT2D eigenvalue weighted by atomic mass is 10.1. The third-order valence-electron chi connectivity index (χ3n) is 5.77. The molecule has 1 aromatic heterocycles. The first kappa shape index (κ1) is 24.0. The van der Waals surface area contributed by atoms with Crippen LogP contribution < -0.4 is 19.7 Å². The van der Waals surface area contributed by atoms with Gasteiger partial charge in [-0.2, -0.15) is 0 Å². The van der Waals surface area contributed by atoms with Crippen LogP contribution in [0.5, 0.6) is 5.75 Å². The third kappa shape index (κ3) is 5.15. The molecule has 0 saturated carbocycles. The Morgan fingerprint density at radius 2 is 1.82 bits per heavy atom. The van der Waals surface area contributed by atoms with Crippen LogP contribution in [0.4, 0.5) is 15.8 Å². The molecule has 2 N–H and O–H groups in total. The van der Waals surface area contributed by atoms with Crippen molar-refractivity contribution < 1.29 is 17.5 Å². The number of nitrogens with zero attached hydrogens (tertiary/aromatic N) is 2. The zero-order valence-electron chi connectivity index (χ0n) is 19.7. The van der Waals surface area contributed by atoms with Gasteiger partial charge >= 0.3 is 0 Å². The standard InChI is InChI=1S/C25H29FN4O3S/c1-16-6-5-7-23(28-16)21-10-9-20(13-22(21)26)34(31,32)29-24-12-19(8-11-25(24)33-4)30-14-17(2)27-18(3)15-30/h5-13,17-18,27,29H,14-15H2,1-4H3/t17-,18+. The quantitative estimate of drug-likeness (QED) is 0.546. The van der Waals surface area contributed by atoms with Crippen molar-refractivity contribution in [3.8, 4) is 17.0 Å². The molecule has 1 fully saturated rings. The Balaban J connectivity index is 1.63. The molecule has 0 aliphatic carbocycles. The van der Waals surface area contributed by atoms with Gasteiger partial charge < -0.3 is 15.0 Å². The van der Waals surface area contributed by atoms with E-state index < -0.39 is 15.8 Å². The maximum atomic E-state index is 14.9. The van der Waals surface area contributed by atoms with E-state index in [-0.39, 0.29) is 10.5 Å². The van der Waals surface area contributed by atoms with E-state index in [1.165, 1.54) is 19.2 Å². The summed E-state index contributed by atoms with van der Waals surface area (Å²) < 4.78 is 49.1. The normalized spacial score (nSPS) is 18.6. The Morgan fingerprint density at radius 3 is 2.47 bits per heavy atom. The second-order valence-corrected chi connectivity index (χ2v) is 10.4. The number of aromatic nitrogens is 1. The number of hydrogen-bond donors (Lipinski definition) is 2. The summed E-state index contributed by atoms with van der Waals surface area (Å²) in [5.41, 5.74) is 2.61. The molecule has 2 heterocycles. The summed E-state index contributed by atoms with van der Waals surface area (Å²) in [5.74, 6) is -0.282. The van der Waals surface area contributed by atoms with Gasteiger partial charge in [0.25, 0.3) is 10.0 Å². The fourth-order valence-electron chi connectivity index (χ4n) is 4.28. The molecule has 0 unspecified atom stereocenters. The molecule has 1 aliphatic rings. The van der Waals surface area contributed by atoms with Gasteiger partial charge in [-0.1, -0.05) is 6.07 Å². The van der Waals surface area contributed by atoms with Gasteiger partial charge in [0.2, 0.25) is 0 Å². The minimum atomic E-state index is -4.07. The van der Waals surface area contributed by atoms with Crippen molar-refractivity contribution in [3.63, 3.8) is 0 Å². The fraction of sp³-hybridized carbons (Fsp3) is 0.320. The molecule has 0 bridgehead atoms. The highest BCUT2D eigenvalue weighted by molar-refractivity contribution is 7.92. The molecule has 2 aromatic carbocycles. The molecule has 34 heavy (non-hydrogen) atoms. The van der Waals surface area contributed by atoms with Crippen LogP contribution in [0.2, 0.25) is 0 Å². The minimum Gasteiger partial charge on any atom is -0.495 e. The number of piperazine rings is 1. The van der Waals surface area contributed by atoms with E-state index in [0.717, 1.165) is 30.5 Å². The zero-order valence-corrected chi connectivity index (χ0v) is 20.5. The Morgan fingerprint density at radius 1 is 1.09 bits per heavy atom. The predicted molar refractivity (Wildman–Crippen MR) is 132 cm³/mol. The highest BCUT2D eigenvalue weighted by atomic mass is 32.2. The van der Waals surface area contributed by atoms with Crippen molar-refractivity contribution >= 4 is 21.4 Å². The lowest BCUT2D eigenvalue weighted by molar-refractivity contribution is 0.406. The molecule has 0 radical (unpaired) electrons. The number of methoxy groups -OCH3 is 1. The van der Waals surface area contributed by atoms with Crippen LogP contribution in [0.25, 0.3) is 11.3 Å². The van der Waals surface area contributed by atoms with Gasteiger partial charge in [-0.25, -0.2) is 12.8 Å². The van der Waals surface area contributed by atoms with Crippen LogP contribution in [0.1, 0.15) is 19.5 Å². The summed E-state index contributed by atoms with van der Waals surface area (Å²) in [7, 11) is -2.59. The van der Waals surface area contributed by atoms with Gasteiger partial charge in [-0.05, 0) is 69.3 Å².